The molecule has 2 aliphatic rings. The summed E-state index contributed by atoms with van der Waals surface area (Å²) in [6, 6.07) is 0. The van der Waals surface area contributed by atoms with Gasteiger partial charge in [0.2, 0.25) is 0 Å². The van der Waals surface area contributed by atoms with Crippen LogP contribution in [0, 0.1) is 17.3 Å². The van der Waals surface area contributed by atoms with Crippen molar-refractivity contribution in [2.45, 2.75) is 78.4 Å². The number of hydrogen-bond donors (Lipinski definition) is 0. The van der Waals surface area contributed by atoms with Crippen molar-refractivity contribution in [3.8, 4) is 0 Å². The summed E-state index contributed by atoms with van der Waals surface area (Å²) < 4.78 is 11.9. The van der Waals surface area contributed by atoms with Crippen molar-refractivity contribution in [3.63, 3.8) is 0 Å². The summed E-state index contributed by atoms with van der Waals surface area (Å²) in [5.41, 5.74) is 0.265. The van der Waals surface area contributed by atoms with Gasteiger partial charge in [-0.25, -0.2) is 0 Å². The lowest BCUT2D eigenvalue weighted by Crippen LogP contribution is -2.45. The molecule has 0 amide bonds. The first-order valence-electron chi connectivity index (χ1n) is 8.41. The van der Waals surface area contributed by atoms with Crippen molar-refractivity contribution in [2.75, 3.05) is 13.2 Å². The van der Waals surface area contributed by atoms with Gasteiger partial charge in [-0.3, -0.25) is 0 Å². The highest BCUT2D eigenvalue weighted by Gasteiger charge is 2.40. The van der Waals surface area contributed by atoms with E-state index < -0.39 is 0 Å². The largest absolute Gasteiger partial charge is 0.352 e. The standard InChI is InChI=1S/C17H32O2/c1-4-6-14-8-10-15(11-9-14)17(3)12-18-16(7-5-2)19-13-17/h14-16H,4-13H2,1-3H3/t14?,15?,16-,17+. The molecule has 2 fully saturated rings. The maximum atomic E-state index is 5.94. The molecule has 0 aromatic rings. The zero-order chi connectivity index (χ0) is 13.7. The van der Waals surface area contributed by atoms with Gasteiger partial charge in [0.1, 0.15) is 0 Å². The van der Waals surface area contributed by atoms with Gasteiger partial charge in [-0.05, 0) is 31.1 Å². The molecule has 0 unspecified atom stereocenters. The maximum absolute atomic E-state index is 5.94. The number of ether oxygens (including phenoxy) is 2. The Morgan fingerprint density at radius 2 is 1.47 bits per heavy atom. The molecule has 112 valence electrons. The highest BCUT2D eigenvalue weighted by molar-refractivity contribution is 4.88. The Bertz CT molecular complexity index is 248. The molecule has 0 aromatic heterocycles. The Morgan fingerprint density at radius 1 is 0.895 bits per heavy atom. The Balaban J connectivity index is 1.79. The van der Waals surface area contributed by atoms with Crippen LogP contribution in [0.2, 0.25) is 0 Å². The van der Waals surface area contributed by atoms with E-state index in [0.29, 0.717) is 0 Å². The summed E-state index contributed by atoms with van der Waals surface area (Å²) in [5.74, 6) is 1.80. The average Bonchev–Trinajstić information content (AvgIpc) is 2.43. The van der Waals surface area contributed by atoms with E-state index in [0.717, 1.165) is 37.9 Å². The topological polar surface area (TPSA) is 18.5 Å². The molecule has 1 aliphatic carbocycles. The van der Waals surface area contributed by atoms with Crippen molar-refractivity contribution < 1.29 is 9.47 Å². The van der Waals surface area contributed by atoms with Crippen LogP contribution in [0.4, 0.5) is 0 Å². The van der Waals surface area contributed by atoms with Crippen LogP contribution in [-0.4, -0.2) is 19.5 Å². The molecule has 0 atom stereocenters. The summed E-state index contributed by atoms with van der Waals surface area (Å²) in [7, 11) is 0. The maximum Gasteiger partial charge on any atom is 0.157 e. The van der Waals surface area contributed by atoms with Crippen molar-refractivity contribution in [1.29, 1.82) is 0 Å². The van der Waals surface area contributed by atoms with Crippen LogP contribution >= 0.6 is 0 Å². The lowest BCUT2D eigenvalue weighted by atomic mass is 9.67. The molecule has 1 saturated heterocycles. The van der Waals surface area contributed by atoms with Gasteiger partial charge in [0.15, 0.2) is 6.29 Å². The first kappa shape index (κ1) is 15.3. The van der Waals surface area contributed by atoms with Crippen LogP contribution in [0.5, 0.6) is 0 Å². The summed E-state index contributed by atoms with van der Waals surface area (Å²) in [5, 5.41) is 0. The SMILES string of the molecule is CCCC1CCC([C@]2(C)CO[C@H](CCC)OC2)CC1. The van der Waals surface area contributed by atoms with E-state index >= 15 is 0 Å². The lowest BCUT2D eigenvalue weighted by Gasteiger charge is -2.45. The van der Waals surface area contributed by atoms with Crippen LogP contribution in [0.15, 0.2) is 0 Å². The summed E-state index contributed by atoms with van der Waals surface area (Å²) >= 11 is 0. The minimum atomic E-state index is 0.0644. The second-order valence-electron chi connectivity index (χ2n) is 7.00. The Labute approximate surface area is 119 Å². The van der Waals surface area contributed by atoms with E-state index in [-0.39, 0.29) is 11.7 Å². The van der Waals surface area contributed by atoms with Gasteiger partial charge in [0.05, 0.1) is 13.2 Å². The Kier molecular flexibility index (Phi) is 5.70. The normalized spacial score (nSPS) is 40.3. The zero-order valence-corrected chi connectivity index (χ0v) is 13.1. The van der Waals surface area contributed by atoms with Crippen molar-refractivity contribution in [3.05, 3.63) is 0 Å². The van der Waals surface area contributed by atoms with Gasteiger partial charge < -0.3 is 9.47 Å². The molecule has 2 heteroatoms. The fourth-order valence-corrected chi connectivity index (χ4v) is 3.85. The predicted octanol–water partition coefficient (Wildman–Crippen LogP) is 4.77. The second-order valence-corrected chi connectivity index (χ2v) is 7.00. The van der Waals surface area contributed by atoms with Crippen LogP contribution in [-0.2, 0) is 9.47 Å². The zero-order valence-electron chi connectivity index (χ0n) is 13.1. The van der Waals surface area contributed by atoms with Gasteiger partial charge in [0.25, 0.3) is 0 Å². The second kappa shape index (κ2) is 7.08. The highest BCUT2D eigenvalue weighted by Crippen LogP contribution is 2.43. The van der Waals surface area contributed by atoms with Crippen LogP contribution < -0.4 is 0 Å². The molecule has 2 nitrogen and oxygen atoms in total. The van der Waals surface area contributed by atoms with Gasteiger partial charge >= 0.3 is 0 Å². The number of hydrogen-bond acceptors (Lipinski definition) is 2. The summed E-state index contributed by atoms with van der Waals surface area (Å²) in [6.45, 7) is 8.68. The van der Waals surface area contributed by atoms with Crippen LogP contribution in [0.25, 0.3) is 0 Å². The van der Waals surface area contributed by atoms with Crippen molar-refractivity contribution in [1.82, 2.24) is 0 Å². The monoisotopic (exact) mass is 268 g/mol. The van der Waals surface area contributed by atoms with E-state index in [2.05, 4.69) is 20.8 Å². The van der Waals surface area contributed by atoms with Gasteiger partial charge in [-0.2, -0.15) is 0 Å². The van der Waals surface area contributed by atoms with E-state index in [9.17, 15) is 0 Å². The molecule has 0 spiro atoms. The van der Waals surface area contributed by atoms with Crippen molar-refractivity contribution >= 4 is 0 Å². The molecule has 1 aliphatic heterocycles. The van der Waals surface area contributed by atoms with Crippen LogP contribution in [0.3, 0.4) is 0 Å². The minimum absolute atomic E-state index is 0.0644. The molecule has 1 saturated carbocycles. The quantitative estimate of drug-likeness (QED) is 0.715. The first-order chi connectivity index (χ1) is 9.18. The first-order valence-corrected chi connectivity index (χ1v) is 8.41. The number of rotatable bonds is 5. The van der Waals surface area contributed by atoms with E-state index in [1.807, 2.05) is 0 Å². The fraction of sp³-hybridized carbons (Fsp3) is 1.00. The van der Waals surface area contributed by atoms with Gasteiger partial charge in [0, 0.05) is 5.41 Å². The molecular formula is C17H32O2. The third-order valence-corrected chi connectivity index (χ3v) is 5.25. The van der Waals surface area contributed by atoms with E-state index in [1.54, 1.807) is 0 Å². The third-order valence-electron chi connectivity index (χ3n) is 5.25. The molecule has 0 bridgehead atoms. The van der Waals surface area contributed by atoms with E-state index in [1.165, 1.54) is 38.5 Å². The predicted molar refractivity (Wildman–Crippen MR) is 79.1 cm³/mol. The molecule has 19 heavy (non-hydrogen) atoms. The molecule has 1 heterocycles. The molecule has 2 rings (SSSR count). The van der Waals surface area contributed by atoms with E-state index in [4.69, 9.17) is 9.47 Å². The lowest BCUT2D eigenvalue weighted by molar-refractivity contribution is -0.241. The Morgan fingerprint density at radius 3 is 2.00 bits per heavy atom. The summed E-state index contributed by atoms with van der Waals surface area (Å²) in [4.78, 5) is 0. The molecular weight excluding hydrogens is 236 g/mol. The highest BCUT2D eigenvalue weighted by atomic mass is 16.7. The van der Waals surface area contributed by atoms with Crippen molar-refractivity contribution in [2.24, 2.45) is 17.3 Å². The third kappa shape index (κ3) is 3.95. The fourth-order valence-electron chi connectivity index (χ4n) is 3.85. The van der Waals surface area contributed by atoms with Gasteiger partial charge in [-0.15, -0.1) is 0 Å². The van der Waals surface area contributed by atoms with Crippen LogP contribution in [0.1, 0.15) is 72.1 Å². The minimum Gasteiger partial charge on any atom is -0.352 e. The van der Waals surface area contributed by atoms with Gasteiger partial charge in [-0.1, -0.05) is 52.9 Å². The summed E-state index contributed by atoms with van der Waals surface area (Å²) in [6.07, 6.45) is 10.6. The molecule has 0 N–H and O–H groups in total. The smallest absolute Gasteiger partial charge is 0.157 e. The molecule has 0 aromatic carbocycles. The average molecular weight is 268 g/mol. The molecule has 0 radical (unpaired) electrons. The Hall–Kier alpha value is -0.0800.